The molecule has 0 saturated carbocycles. The summed E-state index contributed by atoms with van der Waals surface area (Å²) < 4.78 is 24.8. The SMILES string of the molecule is CS(=O)(=O)NCCC(=O)N[C@@H]1C2CN3CCN(C2)CC1(c1ccccc1)C3. The van der Waals surface area contributed by atoms with Gasteiger partial charge >= 0.3 is 0 Å². The topological polar surface area (TPSA) is 81.7 Å². The van der Waals surface area contributed by atoms with Crippen molar-refractivity contribution >= 4 is 15.9 Å². The van der Waals surface area contributed by atoms with Crippen LogP contribution in [0.15, 0.2) is 30.3 Å². The largest absolute Gasteiger partial charge is 0.352 e. The lowest BCUT2D eigenvalue weighted by Gasteiger charge is -2.55. The molecule has 0 aliphatic carbocycles. The zero-order chi connectivity index (χ0) is 19.1. The first kappa shape index (κ1) is 18.9. The van der Waals surface area contributed by atoms with Gasteiger partial charge < -0.3 is 15.1 Å². The van der Waals surface area contributed by atoms with Crippen LogP contribution in [0.2, 0.25) is 0 Å². The van der Waals surface area contributed by atoms with Crippen molar-refractivity contribution in [1.82, 2.24) is 19.8 Å². The van der Waals surface area contributed by atoms with E-state index in [-0.39, 0.29) is 30.3 Å². The lowest BCUT2D eigenvalue weighted by atomic mass is 9.64. The number of sulfonamides is 1. The zero-order valence-corrected chi connectivity index (χ0v) is 16.5. The summed E-state index contributed by atoms with van der Waals surface area (Å²) in [6.45, 7) is 6.25. The van der Waals surface area contributed by atoms with Gasteiger partial charge in [0, 0.05) is 69.6 Å². The molecule has 148 valence electrons. The van der Waals surface area contributed by atoms with Crippen molar-refractivity contribution < 1.29 is 13.2 Å². The first-order valence-electron chi connectivity index (χ1n) is 9.60. The molecule has 1 aromatic carbocycles. The first-order chi connectivity index (χ1) is 12.9. The van der Waals surface area contributed by atoms with Crippen molar-refractivity contribution in [3.05, 3.63) is 35.9 Å². The summed E-state index contributed by atoms with van der Waals surface area (Å²) in [5.41, 5.74) is 1.17. The number of hydrogen-bond donors (Lipinski definition) is 2. The molecular weight excluding hydrogens is 364 g/mol. The quantitative estimate of drug-likeness (QED) is 0.689. The van der Waals surface area contributed by atoms with Gasteiger partial charge in [0.05, 0.1) is 6.26 Å². The summed E-state index contributed by atoms with van der Waals surface area (Å²) in [6, 6.07) is 10.6. The Morgan fingerprint density at radius 2 is 1.78 bits per heavy atom. The van der Waals surface area contributed by atoms with E-state index in [0.717, 1.165) is 45.5 Å². The second-order valence-corrected chi connectivity index (χ2v) is 10.0. The van der Waals surface area contributed by atoms with E-state index in [0.29, 0.717) is 5.92 Å². The van der Waals surface area contributed by atoms with Crippen LogP contribution in [0.3, 0.4) is 0 Å². The highest BCUT2D eigenvalue weighted by molar-refractivity contribution is 7.88. The highest BCUT2D eigenvalue weighted by Crippen LogP contribution is 2.43. The Hall–Kier alpha value is -1.48. The van der Waals surface area contributed by atoms with Gasteiger partial charge in [-0.2, -0.15) is 0 Å². The second-order valence-electron chi connectivity index (χ2n) is 8.21. The molecule has 2 unspecified atom stereocenters. The minimum absolute atomic E-state index is 0.0798. The van der Waals surface area contributed by atoms with E-state index in [1.54, 1.807) is 0 Å². The standard InChI is InChI=1S/C19H28N4O3S/c1-27(25,26)20-8-7-17(24)21-18-15-11-22-9-10-23(12-15)14-19(18,13-22)16-5-3-2-4-6-16/h2-6,15,18,20H,7-14H2,1H3,(H,21,24)/t15?,18-,19?/m1/s1. The van der Waals surface area contributed by atoms with Gasteiger partial charge in [0.2, 0.25) is 15.9 Å². The molecule has 0 aromatic heterocycles. The number of amides is 1. The van der Waals surface area contributed by atoms with Crippen LogP contribution in [0.25, 0.3) is 0 Å². The van der Waals surface area contributed by atoms with Crippen LogP contribution in [0.1, 0.15) is 12.0 Å². The predicted octanol–water partition coefficient (Wildman–Crippen LogP) is -0.390. The van der Waals surface area contributed by atoms with E-state index in [1.807, 2.05) is 6.07 Å². The number of hydrogen-bond acceptors (Lipinski definition) is 5. The molecule has 27 heavy (non-hydrogen) atoms. The minimum Gasteiger partial charge on any atom is -0.352 e. The zero-order valence-electron chi connectivity index (χ0n) is 15.7. The molecule has 4 bridgehead atoms. The van der Waals surface area contributed by atoms with Crippen LogP contribution in [-0.2, 0) is 20.2 Å². The lowest BCUT2D eigenvalue weighted by Crippen LogP contribution is -2.70. The Bertz CT molecular complexity index is 782. The molecule has 0 spiro atoms. The molecule has 3 atom stereocenters. The maximum absolute atomic E-state index is 12.6. The molecule has 4 saturated heterocycles. The van der Waals surface area contributed by atoms with Crippen LogP contribution in [0, 0.1) is 5.92 Å². The molecule has 4 aliphatic heterocycles. The summed E-state index contributed by atoms with van der Waals surface area (Å²) in [5.74, 6) is 0.310. The van der Waals surface area contributed by atoms with Crippen LogP contribution in [0.5, 0.6) is 0 Å². The Morgan fingerprint density at radius 1 is 1.15 bits per heavy atom. The third-order valence-corrected chi connectivity index (χ3v) is 6.91. The van der Waals surface area contributed by atoms with Gasteiger partial charge in [-0.25, -0.2) is 13.1 Å². The molecule has 1 amide bonds. The van der Waals surface area contributed by atoms with Gasteiger partial charge in [0.15, 0.2) is 0 Å². The highest BCUT2D eigenvalue weighted by Gasteiger charge is 2.55. The van der Waals surface area contributed by atoms with E-state index in [9.17, 15) is 13.2 Å². The fraction of sp³-hybridized carbons (Fsp3) is 0.632. The molecule has 8 heteroatoms. The molecule has 2 N–H and O–H groups in total. The maximum Gasteiger partial charge on any atom is 0.221 e. The van der Waals surface area contributed by atoms with Gasteiger partial charge in [-0.05, 0) is 5.56 Å². The average molecular weight is 393 g/mol. The second kappa shape index (κ2) is 7.16. The average Bonchev–Trinajstić information content (AvgIpc) is 2.86. The Balaban J connectivity index is 1.56. The predicted molar refractivity (Wildman–Crippen MR) is 104 cm³/mol. The lowest BCUT2D eigenvalue weighted by molar-refractivity contribution is -0.124. The number of nitrogens with one attached hydrogen (secondary N) is 2. The summed E-state index contributed by atoms with van der Waals surface area (Å²) in [4.78, 5) is 17.7. The van der Waals surface area contributed by atoms with Crippen LogP contribution < -0.4 is 10.0 Å². The molecule has 4 aliphatic rings. The molecule has 4 heterocycles. The van der Waals surface area contributed by atoms with E-state index >= 15 is 0 Å². The molecule has 5 rings (SSSR count). The summed E-state index contributed by atoms with van der Waals surface area (Å²) in [7, 11) is -3.27. The molecular formula is C19H28N4O3S. The van der Waals surface area contributed by atoms with Crippen molar-refractivity contribution in [2.75, 3.05) is 52.1 Å². The number of carbonyl (C=O) groups excluding carboxylic acids is 1. The van der Waals surface area contributed by atoms with E-state index in [4.69, 9.17) is 0 Å². The maximum atomic E-state index is 12.6. The van der Waals surface area contributed by atoms with Crippen LogP contribution in [0.4, 0.5) is 0 Å². The Morgan fingerprint density at radius 3 is 2.37 bits per heavy atom. The fourth-order valence-electron chi connectivity index (χ4n) is 5.16. The first-order valence-corrected chi connectivity index (χ1v) is 11.5. The minimum atomic E-state index is -3.27. The molecule has 0 radical (unpaired) electrons. The van der Waals surface area contributed by atoms with Crippen LogP contribution >= 0.6 is 0 Å². The number of rotatable bonds is 6. The Kier molecular flexibility index (Phi) is 5.00. The molecule has 1 aromatic rings. The third-order valence-electron chi connectivity index (χ3n) is 6.18. The van der Waals surface area contributed by atoms with E-state index < -0.39 is 10.0 Å². The highest BCUT2D eigenvalue weighted by atomic mass is 32.2. The smallest absolute Gasteiger partial charge is 0.221 e. The van der Waals surface area contributed by atoms with Crippen LogP contribution in [-0.4, -0.2) is 82.2 Å². The van der Waals surface area contributed by atoms with Crippen molar-refractivity contribution in [2.45, 2.75) is 17.9 Å². The summed E-state index contributed by atoms with van der Waals surface area (Å²) in [6.07, 6.45) is 1.27. The van der Waals surface area contributed by atoms with Gasteiger partial charge in [0.25, 0.3) is 0 Å². The molecule has 7 nitrogen and oxygen atoms in total. The van der Waals surface area contributed by atoms with E-state index in [1.165, 1.54) is 5.56 Å². The summed E-state index contributed by atoms with van der Waals surface area (Å²) >= 11 is 0. The fourth-order valence-corrected chi connectivity index (χ4v) is 5.64. The van der Waals surface area contributed by atoms with Crippen molar-refractivity contribution in [2.24, 2.45) is 5.92 Å². The number of carbonyl (C=O) groups is 1. The van der Waals surface area contributed by atoms with Gasteiger partial charge in [-0.15, -0.1) is 0 Å². The number of piperidine rings is 2. The third kappa shape index (κ3) is 3.89. The normalized spacial score (nSPS) is 35.0. The van der Waals surface area contributed by atoms with Gasteiger partial charge in [-0.3, -0.25) is 4.79 Å². The number of benzene rings is 1. The van der Waals surface area contributed by atoms with E-state index in [2.05, 4.69) is 44.1 Å². The van der Waals surface area contributed by atoms with Gasteiger partial charge in [0.1, 0.15) is 0 Å². The number of fused-ring (bicyclic) bond motifs is 1. The summed E-state index contributed by atoms with van der Waals surface area (Å²) in [5, 5.41) is 3.29. The van der Waals surface area contributed by atoms with Crippen molar-refractivity contribution in [1.29, 1.82) is 0 Å². The monoisotopic (exact) mass is 392 g/mol. The molecule has 4 fully saturated rings. The number of nitrogens with zero attached hydrogens (tertiary/aromatic N) is 2. The van der Waals surface area contributed by atoms with Crippen molar-refractivity contribution in [3.8, 4) is 0 Å². The Labute approximate surface area is 161 Å². The van der Waals surface area contributed by atoms with Crippen molar-refractivity contribution in [3.63, 3.8) is 0 Å². The van der Waals surface area contributed by atoms with Gasteiger partial charge in [-0.1, -0.05) is 30.3 Å².